The van der Waals surface area contributed by atoms with E-state index in [1.165, 1.54) is 0 Å². The molecule has 0 aliphatic carbocycles. The quantitative estimate of drug-likeness (QED) is 0.535. The Labute approximate surface area is 120 Å². The molecule has 0 atom stereocenters. The maximum Gasteiger partial charge on any atom is 0.461 e. The van der Waals surface area contributed by atoms with Gasteiger partial charge in [-0.25, -0.2) is 0 Å². The highest BCUT2D eigenvalue weighted by Crippen LogP contribution is 2.38. The Bertz CT molecular complexity index is 481. The number of carbonyl (C=O) groups is 1. The number of rotatable bonds is 6. The number of hydrogen-bond donors (Lipinski definition) is 0. The Morgan fingerprint density at radius 1 is 0.905 bits per heavy atom. The molecule has 118 valence electrons. The summed E-state index contributed by atoms with van der Waals surface area (Å²) in [5, 5.41) is 0. The van der Waals surface area contributed by atoms with Crippen molar-refractivity contribution in [2.45, 2.75) is 51.6 Å². The third kappa shape index (κ3) is 4.02. The predicted octanol–water partition coefficient (Wildman–Crippen LogP) is 4.97. The van der Waals surface area contributed by atoms with Crippen LogP contribution in [0.1, 0.15) is 48.2 Å². The zero-order valence-corrected chi connectivity index (χ0v) is 11.9. The third-order valence-corrected chi connectivity index (χ3v) is 3.03. The first-order valence-corrected chi connectivity index (χ1v) is 6.75. The van der Waals surface area contributed by atoms with E-state index in [1.54, 1.807) is 6.07 Å². The van der Waals surface area contributed by atoms with Gasteiger partial charge in [0.1, 0.15) is 0 Å². The molecule has 0 bridgehead atoms. The Balaban J connectivity index is 3.25. The van der Waals surface area contributed by atoms with Crippen LogP contribution in [0, 0.1) is 0 Å². The second kappa shape index (κ2) is 6.54. The molecule has 0 saturated carbocycles. The second-order valence-electron chi connectivity index (χ2n) is 4.94. The summed E-state index contributed by atoms with van der Waals surface area (Å²) in [5.74, 6) is -7.55. The lowest BCUT2D eigenvalue weighted by Crippen LogP contribution is -2.44. The average Bonchev–Trinajstić information content (AvgIpc) is 2.37. The topological polar surface area (TPSA) is 17.1 Å². The van der Waals surface area contributed by atoms with Crippen molar-refractivity contribution >= 4 is 5.78 Å². The van der Waals surface area contributed by atoms with E-state index < -0.39 is 23.4 Å². The van der Waals surface area contributed by atoms with Gasteiger partial charge >= 0.3 is 12.1 Å². The summed E-state index contributed by atoms with van der Waals surface area (Å²) >= 11 is 0. The highest BCUT2D eigenvalue weighted by atomic mass is 19.4. The maximum atomic E-state index is 13.2. The monoisotopic (exact) mass is 308 g/mol. The first-order valence-electron chi connectivity index (χ1n) is 6.75. The molecular weight excluding hydrogens is 291 g/mol. The van der Waals surface area contributed by atoms with Gasteiger partial charge in [0.15, 0.2) is 0 Å². The van der Waals surface area contributed by atoms with Crippen LogP contribution in [0.4, 0.5) is 22.0 Å². The minimum atomic E-state index is -5.88. The lowest BCUT2D eigenvalue weighted by Gasteiger charge is -2.19. The molecule has 0 aliphatic heterocycles. The van der Waals surface area contributed by atoms with E-state index in [9.17, 15) is 26.7 Å². The lowest BCUT2D eigenvalue weighted by atomic mass is 9.96. The van der Waals surface area contributed by atoms with Crippen LogP contribution in [0.5, 0.6) is 0 Å². The van der Waals surface area contributed by atoms with Gasteiger partial charge in [0.2, 0.25) is 5.78 Å². The first kappa shape index (κ1) is 17.6. The SMILES string of the molecule is CCCc1cc(CCC)cc(C(=O)C(F)(F)C(F)(F)F)c1. The van der Waals surface area contributed by atoms with E-state index in [0.29, 0.717) is 36.8 Å². The molecular formula is C15H17F5O. The highest BCUT2D eigenvalue weighted by Gasteiger charge is 2.63. The minimum absolute atomic E-state index is 0.523. The molecule has 0 N–H and O–H groups in total. The highest BCUT2D eigenvalue weighted by molar-refractivity contribution is 6.02. The van der Waals surface area contributed by atoms with E-state index in [1.807, 2.05) is 13.8 Å². The van der Waals surface area contributed by atoms with E-state index >= 15 is 0 Å². The molecule has 0 aliphatic rings. The van der Waals surface area contributed by atoms with Crippen molar-refractivity contribution in [1.29, 1.82) is 0 Å². The van der Waals surface area contributed by atoms with Crippen molar-refractivity contribution in [1.82, 2.24) is 0 Å². The zero-order chi connectivity index (χ0) is 16.3. The van der Waals surface area contributed by atoms with E-state index in [2.05, 4.69) is 0 Å². The van der Waals surface area contributed by atoms with E-state index in [0.717, 1.165) is 12.1 Å². The zero-order valence-electron chi connectivity index (χ0n) is 11.9. The van der Waals surface area contributed by atoms with Crippen molar-refractivity contribution in [2.24, 2.45) is 0 Å². The Hall–Kier alpha value is -1.46. The first-order chi connectivity index (χ1) is 9.63. The summed E-state index contributed by atoms with van der Waals surface area (Å²) in [4.78, 5) is 11.6. The van der Waals surface area contributed by atoms with Crippen molar-refractivity contribution in [3.05, 3.63) is 34.9 Å². The Kier molecular flexibility index (Phi) is 5.48. The molecule has 1 aromatic carbocycles. The minimum Gasteiger partial charge on any atom is -0.287 e. The molecule has 0 saturated heterocycles. The number of hydrogen-bond acceptors (Lipinski definition) is 1. The van der Waals surface area contributed by atoms with E-state index in [4.69, 9.17) is 0 Å². The van der Waals surface area contributed by atoms with Crippen LogP contribution in [-0.2, 0) is 12.8 Å². The van der Waals surface area contributed by atoms with Crippen LogP contribution in [0.15, 0.2) is 18.2 Å². The lowest BCUT2D eigenvalue weighted by molar-refractivity contribution is -0.255. The molecule has 0 aromatic heterocycles. The van der Waals surface area contributed by atoms with Gasteiger partial charge in [-0.3, -0.25) is 4.79 Å². The molecule has 1 rings (SSSR count). The van der Waals surface area contributed by atoms with Crippen molar-refractivity contribution in [3.63, 3.8) is 0 Å². The van der Waals surface area contributed by atoms with Crippen LogP contribution in [0.25, 0.3) is 0 Å². The Morgan fingerprint density at radius 3 is 1.67 bits per heavy atom. The maximum absolute atomic E-state index is 13.2. The van der Waals surface area contributed by atoms with Crippen LogP contribution in [0.2, 0.25) is 0 Å². The molecule has 0 unspecified atom stereocenters. The molecule has 1 aromatic rings. The molecule has 21 heavy (non-hydrogen) atoms. The fraction of sp³-hybridized carbons (Fsp3) is 0.533. The van der Waals surface area contributed by atoms with Gasteiger partial charge in [-0.1, -0.05) is 32.8 Å². The van der Waals surface area contributed by atoms with Gasteiger partial charge in [-0.05, 0) is 36.1 Å². The molecule has 1 nitrogen and oxygen atoms in total. The standard InChI is InChI=1S/C15H17F5O/c1-3-5-10-7-11(6-4-2)9-12(8-10)13(21)14(16,17)15(18,19)20/h7-9H,3-6H2,1-2H3. The summed E-state index contributed by atoms with van der Waals surface area (Å²) in [6, 6.07) is 4.00. The number of halogens is 5. The smallest absolute Gasteiger partial charge is 0.287 e. The molecule has 0 radical (unpaired) electrons. The summed E-state index contributed by atoms with van der Waals surface area (Å²) in [5.41, 5.74) is 0.626. The number of alkyl halides is 5. The largest absolute Gasteiger partial charge is 0.461 e. The summed E-state index contributed by atoms with van der Waals surface area (Å²) in [6.07, 6.45) is -3.42. The summed E-state index contributed by atoms with van der Waals surface area (Å²) < 4.78 is 63.2. The Morgan fingerprint density at radius 2 is 1.33 bits per heavy atom. The van der Waals surface area contributed by atoms with Crippen molar-refractivity contribution < 1.29 is 26.7 Å². The van der Waals surface area contributed by atoms with Gasteiger partial charge in [0.05, 0.1) is 0 Å². The van der Waals surface area contributed by atoms with Gasteiger partial charge in [-0.15, -0.1) is 0 Å². The normalized spacial score (nSPS) is 12.5. The predicted molar refractivity (Wildman–Crippen MR) is 69.8 cm³/mol. The van der Waals surface area contributed by atoms with Gasteiger partial charge in [0, 0.05) is 5.56 Å². The van der Waals surface area contributed by atoms with Crippen LogP contribution in [-0.4, -0.2) is 17.9 Å². The van der Waals surface area contributed by atoms with Crippen molar-refractivity contribution in [2.75, 3.05) is 0 Å². The molecule has 0 spiro atoms. The summed E-state index contributed by atoms with van der Waals surface area (Å²) in [7, 11) is 0. The van der Waals surface area contributed by atoms with Gasteiger partial charge in [0.25, 0.3) is 0 Å². The summed E-state index contributed by atoms with van der Waals surface area (Å²) in [6.45, 7) is 3.72. The number of aryl methyl sites for hydroxylation is 2. The van der Waals surface area contributed by atoms with Crippen LogP contribution in [0.3, 0.4) is 0 Å². The fourth-order valence-electron chi connectivity index (χ4n) is 2.07. The third-order valence-electron chi connectivity index (χ3n) is 3.03. The number of benzene rings is 1. The van der Waals surface area contributed by atoms with Gasteiger partial charge < -0.3 is 0 Å². The molecule has 0 amide bonds. The van der Waals surface area contributed by atoms with Gasteiger partial charge in [-0.2, -0.15) is 22.0 Å². The molecule has 6 heteroatoms. The fourth-order valence-corrected chi connectivity index (χ4v) is 2.07. The average molecular weight is 308 g/mol. The number of ketones is 1. The molecule has 0 heterocycles. The second-order valence-corrected chi connectivity index (χ2v) is 4.94. The number of carbonyl (C=O) groups excluding carboxylic acids is 1. The van der Waals surface area contributed by atoms with Crippen LogP contribution >= 0.6 is 0 Å². The van der Waals surface area contributed by atoms with E-state index in [-0.39, 0.29) is 0 Å². The van der Waals surface area contributed by atoms with Crippen LogP contribution < -0.4 is 0 Å². The number of Topliss-reactive ketones (excluding diaryl/α,β-unsaturated/α-hetero) is 1. The molecule has 0 fully saturated rings. The van der Waals surface area contributed by atoms with Crippen molar-refractivity contribution in [3.8, 4) is 0 Å².